The molecule has 0 heterocycles. The van der Waals surface area contributed by atoms with Crippen molar-refractivity contribution in [3.05, 3.63) is 35.9 Å². The lowest BCUT2D eigenvalue weighted by molar-refractivity contribution is 0.370. The van der Waals surface area contributed by atoms with Gasteiger partial charge < -0.3 is 5.32 Å². The molecule has 0 saturated carbocycles. The van der Waals surface area contributed by atoms with Gasteiger partial charge in [-0.1, -0.05) is 51.1 Å². The summed E-state index contributed by atoms with van der Waals surface area (Å²) in [5.74, 6) is 0.683. The molecule has 0 aromatic heterocycles. The lowest BCUT2D eigenvalue weighted by Gasteiger charge is -2.25. The Kier molecular flexibility index (Phi) is 4.83. The van der Waals surface area contributed by atoms with Gasteiger partial charge in [-0.05, 0) is 24.8 Å². The van der Waals surface area contributed by atoms with Gasteiger partial charge in [-0.25, -0.2) is 0 Å². The van der Waals surface area contributed by atoms with Crippen molar-refractivity contribution in [1.29, 1.82) is 0 Å². The first-order valence-corrected chi connectivity index (χ1v) is 5.96. The van der Waals surface area contributed by atoms with E-state index in [0.717, 1.165) is 6.42 Å². The van der Waals surface area contributed by atoms with Crippen molar-refractivity contribution < 1.29 is 0 Å². The second-order valence-electron chi connectivity index (χ2n) is 4.57. The minimum atomic E-state index is 0.489. The third-order valence-corrected chi connectivity index (χ3v) is 3.07. The van der Waals surface area contributed by atoms with E-state index in [1.165, 1.54) is 5.56 Å². The van der Waals surface area contributed by atoms with Gasteiger partial charge in [-0.15, -0.1) is 0 Å². The summed E-state index contributed by atoms with van der Waals surface area (Å²) in [6.07, 6.45) is 1.14. The minimum Gasteiger partial charge on any atom is -0.307 e. The van der Waals surface area contributed by atoms with E-state index in [9.17, 15) is 0 Å². The minimum absolute atomic E-state index is 0.489. The van der Waals surface area contributed by atoms with E-state index >= 15 is 0 Å². The summed E-state index contributed by atoms with van der Waals surface area (Å²) in [5, 5.41) is 3.68. The fourth-order valence-electron chi connectivity index (χ4n) is 1.64. The maximum atomic E-state index is 3.68. The fourth-order valence-corrected chi connectivity index (χ4v) is 1.64. The zero-order valence-electron chi connectivity index (χ0n) is 10.3. The first kappa shape index (κ1) is 12.3. The van der Waals surface area contributed by atoms with Crippen molar-refractivity contribution >= 4 is 0 Å². The Morgan fingerprint density at radius 1 is 1.07 bits per heavy atom. The Labute approximate surface area is 93.9 Å². The second-order valence-corrected chi connectivity index (χ2v) is 4.57. The molecule has 1 N–H and O–H groups in total. The van der Waals surface area contributed by atoms with Crippen LogP contribution in [0.4, 0.5) is 0 Å². The third-order valence-electron chi connectivity index (χ3n) is 3.07. The molecule has 1 aromatic carbocycles. The zero-order chi connectivity index (χ0) is 11.3. The largest absolute Gasteiger partial charge is 0.307 e. The van der Waals surface area contributed by atoms with Crippen molar-refractivity contribution in [3.8, 4) is 0 Å². The van der Waals surface area contributed by atoms with Gasteiger partial charge in [0.05, 0.1) is 0 Å². The smallest absolute Gasteiger partial charge is 0.0320 e. The Morgan fingerprint density at radius 2 is 1.67 bits per heavy atom. The van der Waals surface area contributed by atoms with Crippen LogP contribution in [0.1, 0.15) is 45.7 Å². The Hall–Kier alpha value is -0.820. The van der Waals surface area contributed by atoms with E-state index in [0.29, 0.717) is 18.0 Å². The van der Waals surface area contributed by atoms with Crippen molar-refractivity contribution in [2.45, 2.75) is 46.2 Å². The third kappa shape index (κ3) is 3.67. The molecule has 1 rings (SSSR count). The van der Waals surface area contributed by atoms with Crippen molar-refractivity contribution in [3.63, 3.8) is 0 Å². The van der Waals surface area contributed by atoms with Gasteiger partial charge in [-0.3, -0.25) is 0 Å². The van der Waals surface area contributed by atoms with Crippen molar-refractivity contribution in [1.82, 2.24) is 5.32 Å². The number of nitrogens with one attached hydrogen (secondary N) is 1. The summed E-state index contributed by atoms with van der Waals surface area (Å²) in [5.41, 5.74) is 1.40. The fraction of sp³-hybridized carbons (Fsp3) is 0.571. The average Bonchev–Trinajstić information content (AvgIpc) is 2.26. The predicted octanol–water partition coefficient (Wildman–Crippen LogP) is 3.77. The van der Waals surface area contributed by atoms with Crippen LogP contribution in [0.3, 0.4) is 0 Å². The second kappa shape index (κ2) is 5.92. The summed E-state index contributed by atoms with van der Waals surface area (Å²) in [6, 6.07) is 11.8. The molecule has 1 nitrogen and oxygen atoms in total. The molecule has 15 heavy (non-hydrogen) atoms. The SMILES string of the molecule is CC[C@@H](N[C@H](C)C(C)C)c1ccccc1. The van der Waals surface area contributed by atoms with Gasteiger partial charge in [0.2, 0.25) is 0 Å². The summed E-state index contributed by atoms with van der Waals surface area (Å²) in [6.45, 7) is 9.01. The van der Waals surface area contributed by atoms with Gasteiger partial charge in [0.1, 0.15) is 0 Å². The van der Waals surface area contributed by atoms with Crippen LogP contribution in [-0.4, -0.2) is 6.04 Å². The highest BCUT2D eigenvalue weighted by atomic mass is 14.9. The molecule has 1 aromatic rings. The van der Waals surface area contributed by atoms with Crippen LogP contribution in [-0.2, 0) is 0 Å². The van der Waals surface area contributed by atoms with E-state index < -0.39 is 0 Å². The van der Waals surface area contributed by atoms with Gasteiger partial charge in [0.15, 0.2) is 0 Å². The monoisotopic (exact) mass is 205 g/mol. The first-order valence-electron chi connectivity index (χ1n) is 5.96. The molecular formula is C14H23N. The molecule has 0 amide bonds. The quantitative estimate of drug-likeness (QED) is 0.771. The van der Waals surface area contributed by atoms with Crippen molar-refractivity contribution in [2.75, 3.05) is 0 Å². The summed E-state index contributed by atoms with van der Waals surface area (Å²) < 4.78 is 0. The Bertz CT molecular complexity index is 266. The van der Waals surface area contributed by atoms with E-state index in [1.807, 2.05) is 0 Å². The van der Waals surface area contributed by atoms with Crippen LogP contribution in [0.2, 0.25) is 0 Å². The zero-order valence-corrected chi connectivity index (χ0v) is 10.3. The van der Waals surface area contributed by atoms with Crippen LogP contribution in [0.25, 0.3) is 0 Å². The highest BCUT2D eigenvalue weighted by molar-refractivity contribution is 5.18. The summed E-state index contributed by atoms with van der Waals surface area (Å²) >= 11 is 0. The van der Waals surface area contributed by atoms with Gasteiger partial charge >= 0.3 is 0 Å². The average molecular weight is 205 g/mol. The van der Waals surface area contributed by atoms with E-state index in [2.05, 4.69) is 63.3 Å². The molecule has 0 unspecified atom stereocenters. The number of hydrogen-bond acceptors (Lipinski definition) is 1. The predicted molar refractivity (Wildman–Crippen MR) is 66.9 cm³/mol. The molecule has 0 aliphatic carbocycles. The molecule has 1 heteroatoms. The standard InChI is InChI=1S/C14H23N/c1-5-14(15-12(4)11(2)3)13-9-7-6-8-10-13/h6-12,14-15H,5H2,1-4H3/t12-,14-/m1/s1. The maximum Gasteiger partial charge on any atom is 0.0320 e. The number of rotatable bonds is 5. The molecule has 0 aliphatic heterocycles. The van der Waals surface area contributed by atoms with Crippen LogP contribution < -0.4 is 5.32 Å². The number of benzene rings is 1. The van der Waals surface area contributed by atoms with Crippen molar-refractivity contribution in [2.24, 2.45) is 5.92 Å². The molecule has 0 aliphatic rings. The highest BCUT2D eigenvalue weighted by Gasteiger charge is 2.13. The van der Waals surface area contributed by atoms with Crippen LogP contribution in [0.5, 0.6) is 0 Å². The van der Waals surface area contributed by atoms with E-state index in [1.54, 1.807) is 0 Å². The molecule has 0 bridgehead atoms. The highest BCUT2D eigenvalue weighted by Crippen LogP contribution is 2.18. The van der Waals surface area contributed by atoms with Crippen LogP contribution in [0.15, 0.2) is 30.3 Å². The van der Waals surface area contributed by atoms with E-state index in [-0.39, 0.29) is 0 Å². The molecule has 84 valence electrons. The molecule has 0 spiro atoms. The Balaban J connectivity index is 2.65. The summed E-state index contributed by atoms with van der Waals surface area (Å²) in [7, 11) is 0. The van der Waals surface area contributed by atoms with E-state index in [4.69, 9.17) is 0 Å². The maximum absolute atomic E-state index is 3.68. The lowest BCUT2D eigenvalue weighted by Crippen LogP contribution is -2.34. The first-order chi connectivity index (χ1) is 7.15. The molecule has 0 fully saturated rings. The van der Waals surface area contributed by atoms with Gasteiger partial charge in [-0.2, -0.15) is 0 Å². The topological polar surface area (TPSA) is 12.0 Å². The van der Waals surface area contributed by atoms with Gasteiger partial charge in [0.25, 0.3) is 0 Å². The molecular weight excluding hydrogens is 182 g/mol. The van der Waals surface area contributed by atoms with Crippen LogP contribution in [0, 0.1) is 5.92 Å². The summed E-state index contributed by atoms with van der Waals surface area (Å²) in [4.78, 5) is 0. The van der Waals surface area contributed by atoms with Gasteiger partial charge in [0, 0.05) is 12.1 Å². The molecule has 0 saturated heterocycles. The molecule has 0 radical (unpaired) electrons. The number of hydrogen-bond donors (Lipinski definition) is 1. The molecule has 2 atom stereocenters. The normalized spacial score (nSPS) is 15.3. The Morgan fingerprint density at radius 3 is 2.13 bits per heavy atom. The lowest BCUT2D eigenvalue weighted by atomic mass is 10.0. The van der Waals surface area contributed by atoms with Crippen LogP contribution >= 0.6 is 0 Å².